The van der Waals surface area contributed by atoms with Crippen LogP contribution in [0.5, 0.6) is 5.75 Å². The van der Waals surface area contributed by atoms with Crippen LogP contribution in [0.25, 0.3) is 5.76 Å². The van der Waals surface area contributed by atoms with E-state index in [1.165, 1.54) is 11.0 Å². The number of amides is 1. The number of nitrogens with zero attached hydrogens (tertiary/aromatic N) is 2. The van der Waals surface area contributed by atoms with E-state index in [0.29, 0.717) is 33.6 Å². The Balaban J connectivity index is 1.83. The highest BCUT2D eigenvalue weighted by atomic mass is 79.9. The molecule has 4 rings (SSSR count). The maximum absolute atomic E-state index is 13.4. The van der Waals surface area contributed by atoms with Gasteiger partial charge in [0.15, 0.2) is 5.13 Å². The number of rotatable bonds is 9. The molecule has 1 unspecified atom stereocenters. The first-order valence-electron chi connectivity index (χ1n) is 11.4. The number of benzene rings is 2. The molecule has 1 aliphatic rings. The predicted molar refractivity (Wildman–Crippen MR) is 148 cm³/mol. The van der Waals surface area contributed by atoms with E-state index in [-0.39, 0.29) is 27.9 Å². The average Bonchev–Trinajstić information content (AvgIpc) is 3.42. The Bertz CT molecular complexity index is 1460. The molecule has 1 atom stereocenters. The van der Waals surface area contributed by atoms with Gasteiger partial charge in [0, 0.05) is 10.0 Å². The minimum absolute atomic E-state index is 0.0193. The van der Waals surface area contributed by atoms with E-state index in [0.717, 1.165) is 11.3 Å². The highest BCUT2D eigenvalue weighted by Gasteiger charge is 2.48. The zero-order valence-corrected chi connectivity index (χ0v) is 22.8. The highest BCUT2D eigenvalue weighted by Crippen LogP contribution is 2.44. The number of ketones is 1. The molecule has 3 aromatic rings. The number of esters is 1. The van der Waals surface area contributed by atoms with E-state index >= 15 is 0 Å². The van der Waals surface area contributed by atoms with Gasteiger partial charge in [-0.15, -0.1) is 0 Å². The van der Waals surface area contributed by atoms with Gasteiger partial charge in [-0.3, -0.25) is 14.5 Å². The summed E-state index contributed by atoms with van der Waals surface area (Å²) in [6, 6.07) is 12.6. The predicted octanol–water partition coefficient (Wildman–Crippen LogP) is 5.75. The number of hydrogen-bond donors (Lipinski definition) is 1. The number of aromatic nitrogens is 1. The van der Waals surface area contributed by atoms with Gasteiger partial charge >= 0.3 is 11.9 Å². The summed E-state index contributed by atoms with van der Waals surface area (Å²) < 4.78 is 11.3. The second-order valence-electron chi connectivity index (χ2n) is 8.15. The molecule has 1 aromatic heterocycles. The molecule has 0 spiro atoms. The molecule has 0 radical (unpaired) electrons. The minimum atomic E-state index is -0.994. The molecule has 1 saturated heterocycles. The monoisotopic (exact) mass is 594 g/mol. The first kappa shape index (κ1) is 27.0. The molecule has 0 aliphatic carbocycles. The Labute approximate surface area is 231 Å². The van der Waals surface area contributed by atoms with Crippen LogP contribution >= 0.6 is 27.3 Å². The number of ether oxygens (including phenoxy) is 2. The summed E-state index contributed by atoms with van der Waals surface area (Å²) in [6.07, 6.45) is 3.05. The normalized spacial score (nSPS) is 16.4. The zero-order chi connectivity index (χ0) is 27.4. The van der Waals surface area contributed by atoms with Crippen molar-refractivity contribution in [2.45, 2.75) is 13.0 Å². The Morgan fingerprint density at radius 2 is 1.87 bits per heavy atom. The molecular weight excluding hydrogens is 572 g/mol. The molecular formula is C28H23BrN2O6S. The highest BCUT2D eigenvalue weighted by molar-refractivity contribution is 9.10. The summed E-state index contributed by atoms with van der Waals surface area (Å²) >= 11 is 4.37. The maximum Gasteiger partial charge on any atom is 0.350 e. The molecule has 8 nitrogen and oxygen atoms in total. The minimum Gasteiger partial charge on any atom is -0.507 e. The number of aliphatic hydroxyl groups excluding tert-OH is 1. The van der Waals surface area contributed by atoms with E-state index in [4.69, 9.17) is 9.47 Å². The van der Waals surface area contributed by atoms with Crippen LogP contribution in [0, 0.1) is 6.92 Å². The van der Waals surface area contributed by atoms with Gasteiger partial charge < -0.3 is 14.6 Å². The van der Waals surface area contributed by atoms with Crippen LogP contribution in [0.2, 0.25) is 0 Å². The SMILES string of the molecule is C=CCOC(=O)c1sc(N2C(=O)C(=O)/C(=C(/O)c3ccc(OCC=C)cc3)C2c2cccc(Br)c2)nc1C. The largest absolute Gasteiger partial charge is 0.507 e. The van der Waals surface area contributed by atoms with Crippen LogP contribution in [-0.4, -0.2) is 41.0 Å². The summed E-state index contributed by atoms with van der Waals surface area (Å²) in [5.74, 6) is -2.14. The van der Waals surface area contributed by atoms with Crippen molar-refractivity contribution in [3.8, 4) is 5.75 Å². The fourth-order valence-corrected chi connectivity index (χ4v) is 5.32. The number of halogens is 1. The third-order valence-electron chi connectivity index (χ3n) is 5.61. The van der Waals surface area contributed by atoms with Crippen LogP contribution in [0.15, 0.2) is 83.9 Å². The van der Waals surface area contributed by atoms with Crippen LogP contribution < -0.4 is 9.64 Å². The molecule has 2 aromatic carbocycles. The van der Waals surface area contributed by atoms with Crippen molar-refractivity contribution in [3.05, 3.63) is 106 Å². The van der Waals surface area contributed by atoms with E-state index < -0.39 is 23.7 Å². The molecule has 194 valence electrons. The van der Waals surface area contributed by atoms with Crippen molar-refractivity contribution in [2.24, 2.45) is 0 Å². The van der Waals surface area contributed by atoms with Crippen molar-refractivity contribution in [3.63, 3.8) is 0 Å². The number of Topliss-reactive ketones (excluding diaryl/α,β-unsaturated/α-hetero) is 1. The van der Waals surface area contributed by atoms with E-state index in [1.54, 1.807) is 61.5 Å². The van der Waals surface area contributed by atoms with Crippen molar-refractivity contribution >= 4 is 55.8 Å². The van der Waals surface area contributed by atoms with Crippen molar-refractivity contribution < 1.29 is 29.0 Å². The van der Waals surface area contributed by atoms with E-state index in [1.807, 2.05) is 0 Å². The fourth-order valence-electron chi connectivity index (χ4n) is 3.92. The Kier molecular flexibility index (Phi) is 8.23. The third-order valence-corrected chi connectivity index (χ3v) is 7.24. The molecule has 0 saturated carbocycles. The van der Waals surface area contributed by atoms with Gasteiger partial charge in [0.1, 0.15) is 29.6 Å². The number of carbonyl (C=O) groups excluding carboxylic acids is 3. The molecule has 1 aliphatic heterocycles. The third kappa shape index (κ3) is 5.32. The number of thiazole rings is 1. The first-order chi connectivity index (χ1) is 18.3. The van der Waals surface area contributed by atoms with Gasteiger partial charge in [-0.1, -0.05) is 64.7 Å². The smallest absolute Gasteiger partial charge is 0.350 e. The summed E-state index contributed by atoms with van der Waals surface area (Å²) in [7, 11) is 0. The van der Waals surface area contributed by atoms with E-state index in [2.05, 4.69) is 34.1 Å². The number of hydrogen-bond acceptors (Lipinski definition) is 8. The second-order valence-corrected chi connectivity index (χ2v) is 10.0. The lowest BCUT2D eigenvalue weighted by atomic mass is 9.95. The standard InChI is InChI=1S/C28H23BrN2O6S/c1-4-13-36-20-11-9-17(10-12-20)23(32)21-22(18-7-6-8-19(29)15-18)31(26(34)24(21)33)28-30-16(3)25(38-28)27(35)37-14-5-2/h4-12,15,22,32H,1-2,13-14H2,3H3/b23-21+. The van der Waals surface area contributed by atoms with Crippen LogP contribution in [0.3, 0.4) is 0 Å². The molecule has 1 N–H and O–H groups in total. The first-order valence-corrected chi connectivity index (χ1v) is 13.0. The van der Waals surface area contributed by atoms with Crippen molar-refractivity contribution in [1.29, 1.82) is 0 Å². The van der Waals surface area contributed by atoms with Gasteiger partial charge in [-0.2, -0.15) is 0 Å². The lowest BCUT2D eigenvalue weighted by molar-refractivity contribution is -0.132. The Hall–Kier alpha value is -4.02. The summed E-state index contributed by atoms with van der Waals surface area (Å²) in [5.41, 5.74) is 1.15. The topological polar surface area (TPSA) is 106 Å². The van der Waals surface area contributed by atoms with Crippen LogP contribution in [0.1, 0.15) is 32.5 Å². The molecule has 2 heterocycles. The van der Waals surface area contributed by atoms with Crippen molar-refractivity contribution in [2.75, 3.05) is 18.1 Å². The summed E-state index contributed by atoms with van der Waals surface area (Å²) in [6.45, 7) is 9.09. The van der Waals surface area contributed by atoms with Gasteiger partial charge in [-0.05, 0) is 48.9 Å². The van der Waals surface area contributed by atoms with Crippen LogP contribution in [0.4, 0.5) is 5.13 Å². The fraction of sp³-hybridized carbons (Fsp3) is 0.143. The lowest BCUT2D eigenvalue weighted by Gasteiger charge is -2.23. The Morgan fingerprint density at radius 1 is 1.16 bits per heavy atom. The van der Waals surface area contributed by atoms with Gasteiger partial charge in [0.2, 0.25) is 0 Å². The summed E-state index contributed by atoms with van der Waals surface area (Å²) in [5, 5.41) is 11.4. The zero-order valence-electron chi connectivity index (χ0n) is 20.3. The quantitative estimate of drug-likeness (QED) is 0.110. The molecule has 10 heteroatoms. The van der Waals surface area contributed by atoms with Gasteiger partial charge in [-0.25, -0.2) is 9.78 Å². The molecule has 0 bridgehead atoms. The summed E-state index contributed by atoms with van der Waals surface area (Å²) in [4.78, 5) is 45.1. The number of anilines is 1. The number of aryl methyl sites for hydroxylation is 1. The lowest BCUT2D eigenvalue weighted by Crippen LogP contribution is -2.29. The Morgan fingerprint density at radius 3 is 2.53 bits per heavy atom. The van der Waals surface area contributed by atoms with Gasteiger partial charge in [0.25, 0.3) is 5.78 Å². The molecule has 1 amide bonds. The second kappa shape index (κ2) is 11.6. The van der Waals surface area contributed by atoms with Crippen LogP contribution in [-0.2, 0) is 14.3 Å². The van der Waals surface area contributed by atoms with Gasteiger partial charge in [0.05, 0.1) is 17.3 Å². The number of aliphatic hydroxyl groups is 1. The maximum atomic E-state index is 13.4. The average molecular weight is 595 g/mol. The van der Waals surface area contributed by atoms with Crippen molar-refractivity contribution in [1.82, 2.24) is 4.98 Å². The van der Waals surface area contributed by atoms with E-state index in [9.17, 15) is 19.5 Å². The number of carbonyl (C=O) groups is 3. The molecule has 38 heavy (non-hydrogen) atoms. The molecule has 1 fully saturated rings.